The number of ether oxygens (including phenoxy) is 1. The molecule has 0 bridgehead atoms. The van der Waals surface area contributed by atoms with E-state index in [4.69, 9.17) is 4.74 Å². The van der Waals surface area contributed by atoms with Gasteiger partial charge in [-0.2, -0.15) is 0 Å². The van der Waals surface area contributed by atoms with E-state index in [1.165, 1.54) is 6.07 Å². The SMILES string of the molecule is Cc1cccc(C(=O)OCC(=O)N2c3ccccc3SC[C@@H]2c2ccccc2)c1O. The Hall–Kier alpha value is -3.25. The van der Waals surface area contributed by atoms with Gasteiger partial charge in [0.15, 0.2) is 6.61 Å². The number of nitrogens with zero attached hydrogens (tertiary/aromatic N) is 1. The molecule has 1 aliphatic heterocycles. The van der Waals surface area contributed by atoms with E-state index < -0.39 is 12.6 Å². The zero-order chi connectivity index (χ0) is 21.1. The Labute approximate surface area is 179 Å². The molecule has 0 saturated carbocycles. The van der Waals surface area contributed by atoms with Crippen molar-refractivity contribution < 1.29 is 19.4 Å². The number of carbonyl (C=O) groups excluding carboxylic acids is 2. The molecule has 6 heteroatoms. The first-order valence-corrected chi connectivity index (χ1v) is 10.6. The van der Waals surface area contributed by atoms with E-state index in [1.54, 1.807) is 35.7 Å². The summed E-state index contributed by atoms with van der Waals surface area (Å²) in [4.78, 5) is 28.4. The molecular weight excluding hydrogens is 398 g/mol. The Morgan fingerprint density at radius 1 is 1.03 bits per heavy atom. The average molecular weight is 420 g/mol. The number of rotatable bonds is 4. The molecule has 4 rings (SSSR count). The lowest BCUT2D eigenvalue weighted by Gasteiger charge is -2.37. The Bertz CT molecular complexity index is 1080. The van der Waals surface area contributed by atoms with Crippen molar-refractivity contribution in [3.8, 4) is 5.75 Å². The molecule has 0 spiro atoms. The number of phenols is 1. The minimum absolute atomic E-state index is 0.0528. The number of anilines is 1. The highest BCUT2D eigenvalue weighted by molar-refractivity contribution is 7.99. The summed E-state index contributed by atoms with van der Waals surface area (Å²) in [6.07, 6.45) is 0. The van der Waals surface area contributed by atoms with Crippen LogP contribution in [-0.2, 0) is 9.53 Å². The Kier molecular flexibility index (Phi) is 5.77. The number of carbonyl (C=O) groups is 2. The van der Waals surface area contributed by atoms with Gasteiger partial charge in [0.1, 0.15) is 11.3 Å². The first kappa shape index (κ1) is 20.0. The Morgan fingerprint density at radius 3 is 2.57 bits per heavy atom. The van der Waals surface area contributed by atoms with Crippen LogP contribution in [0.1, 0.15) is 27.5 Å². The molecule has 3 aromatic carbocycles. The average Bonchev–Trinajstić information content (AvgIpc) is 2.79. The molecular formula is C24H21NO4S. The quantitative estimate of drug-likeness (QED) is 0.619. The van der Waals surface area contributed by atoms with Crippen LogP contribution in [0.5, 0.6) is 5.75 Å². The third kappa shape index (κ3) is 3.91. The molecule has 0 aromatic heterocycles. The fourth-order valence-electron chi connectivity index (χ4n) is 3.52. The number of para-hydroxylation sites is 2. The van der Waals surface area contributed by atoms with E-state index in [9.17, 15) is 14.7 Å². The number of amides is 1. The summed E-state index contributed by atoms with van der Waals surface area (Å²) in [6.45, 7) is 1.29. The predicted octanol–water partition coefficient (Wildman–Crippen LogP) is 4.74. The normalized spacial score (nSPS) is 15.4. The lowest BCUT2D eigenvalue weighted by atomic mass is 10.1. The maximum atomic E-state index is 13.2. The second-order valence-corrected chi connectivity index (χ2v) is 8.08. The molecule has 1 amide bonds. The van der Waals surface area contributed by atoms with Gasteiger partial charge < -0.3 is 9.84 Å². The van der Waals surface area contributed by atoms with E-state index >= 15 is 0 Å². The monoisotopic (exact) mass is 419 g/mol. The van der Waals surface area contributed by atoms with Gasteiger partial charge in [0.2, 0.25) is 0 Å². The van der Waals surface area contributed by atoms with Gasteiger partial charge in [0.05, 0.1) is 11.7 Å². The number of benzene rings is 3. The van der Waals surface area contributed by atoms with Gasteiger partial charge in [0.25, 0.3) is 5.91 Å². The molecule has 3 aromatic rings. The molecule has 0 saturated heterocycles. The van der Waals surface area contributed by atoms with Crippen LogP contribution in [0.4, 0.5) is 5.69 Å². The van der Waals surface area contributed by atoms with Gasteiger partial charge in [-0.3, -0.25) is 9.69 Å². The second kappa shape index (κ2) is 8.63. The zero-order valence-electron chi connectivity index (χ0n) is 16.4. The van der Waals surface area contributed by atoms with Crippen LogP contribution in [0.2, 0.25) is 0 Å². The summed E-state index contributed by atoms with van der Waals surface area (Å²) in [7, 11) is 0. The molecule has 0 unspecified atom stereocenters. The smallest absolute Gasteiger partial charge is 0.342 e. The molecule has 1 aliphatic rings. The largest absolute Gasteiger partial charge is 0.507 e. The van der Waals surface area contributed by atoms with Crippen LogP contribution >= 0.6 is 11.8 Å². The molecule has 30 heavy (non-hydrogen) atoms. The van der Waals surface area contributed by atoms with Crippen LogP contribution in [0, 0.1) is 6.92 Å². The molecule has 0 fully saturated rings. The predicted molar refractivity (Wildman–Crippen MR) is 117 cm³/mol. The Morgan fingerprint density at radius 2 is 1.77 bits per heavy atom. The number of phenolic OH excluding ortho intramolecular Hbond substituents is 1. The third-order valence-electron chi connectivity index (χ3n) is 5.07. The van der Waals surface area contributed by atoms with Crippen LogP contribution in [-0.4, -0.2) is 29.3 Å². The van der Waals surface area contributed by atoms with Crippen molar-refractivity contribution in [1.29, 1.82) is 0 Å². The summed E-state index contributed by atoms with van der Waals surface area (Å²) in [5.74, 6) is -0.450. The lowest BCUT2D eigenvalue weighted by molar-refractivity contribution is -0.122. The van der Waals surface area contributed by atoms with E-state index in [0.717, 1.165) is 16.1 Å². The van der Waals surface area contributed by atoms with Gasteiger partial charge in [-0.1, -0.05) is 54.6 Å². The highest BCUT2D eigenvalue weighted by atomic mass is 32.2. The van der Waals surface area contributed by atoms with Crippen molar-refractivity contribution in [3.05, 3.63) is 89.5 Å². The van der Waals surface area contributed by atoms with Crippen LogP contribution < -0.4 is 4.90 Å². The third-order valence-corrected chi connectivity index (χ3v) is 6.21. The lowest BCUT2D eigenvalue weighted by Crippen LogP contribution is -2.41. The van der Waals surface area contributed by atoms with E-state index in [0.29, 0.717) is 11.3 Å². The van der Waals surface area contributed by atoms with Crippen molar-refractivity contribution in [1.82, 2.24) is 0 Å². The first-order valence-electron chi connectivity index (χ1n) is 9.61. The number of fused-ring (bicyclic) bond motifs is 1. The van der Waals surface area contributed by atoms with Crippen LogP contribution in [0.15, 0.2) is 77.7 Å². The molecule has 1 heterocycles. The standard InChI is InChI=1S/C24H21NO4S/c1-16-8-7-11-18(23(16)27)24(28)29-14-22(26)25-19-12-5-6-13-21(19)30-15-20(25)17-9-3-2-4-10-17/h2-13,20,27H,14-15H2,1H3/t20-/m1/s1. The van der Waals surface area contributed by atoms with Crippen LogP contribution in [0.3, 0.4) is 0 Å². The molecule has 5 nitrogen and oxygen atoms in total. The van der Waals surface area contributed by atoms with E-state index in [-0.39, 0.29) is 23.3 Å². The van der Waals surface area contributed by atoms with Gasteiger partial charge >= 0.3 is 5.97 Å². The van der Waals surface area contributed by atoms with Crippen molar-refractivity contribution >= 4 is 29.3 Å². The fourth-order valence-corrected chi connectivity index (χ4v) is 4.68. The topological polar surface area (TPSA) is 66.8 Å². The van der Waals surface area contributed by atoms with E-state index in [1.807, 2.05) is 54.6 Å². The molecule has 1 atom stereocenters. The second-order valence-electron chi connectivity index (χ2n) is 7.02. The highest BCUT2D eigenvalue weighted by Gasteiger charge is 2.33. The number of thioether (sulfide) groups is 1. The molecule has 152 valence electrons. The maximum Gasteiger partial charge on any atom is 0.342 e. The fraction of sp³-hybridized carbons (Fsp3) is 0.167. The van der Waals surface area contributed by atoms with Crippen molar-refractivity contribution in [2.75, 3.05) is 17.3 Å². The molecule has 0 radical (unpaired) electrons. The van der Waals surface area contributed by atoms with Gasteiger partial charge in [0, 0.05) is 10.6 Å². The Balaban J connectivity index is 1.58. The maximum absolute atomic E-state index is 13.2. The van der Waals surface area contributed by atoms with Gasteiger partial charge in [-0.15, -0.1) is 11.8 Å². The van der Waals surface area contributed by atoms with Crippen molar-refractivity contribution in [2.24, 2.45) is 0 Å². The summed E-state index contributed by atoms with van der Waals surface area (Å²) in [5, 5.41) is 10.1. The summed E-state index contributed by atoms with van der Waals surface area (Å²) in [6, 6.07) is 22.2. The number of hydrogen-bond acceptors (Lipinski definition) is 5. The zero-order valence-corrected chi connectivity index (χ0v) is 17.3. The van der Waals surface area contributed by atoms with Crippen molar-refractivity contribution in [3.63, 3.8) is 0 Å². The van der Waals surface area contributed by atoms with Gasteiger partial charge in [-0.25, -0.2) is 4.79 Å². The first-order chi connectivity index (χ1) is 14.6. The number of esters is 1. The number of aromatic hydroxyl groups is 1. The van der Waals surface area contributed by atoms with E-state index in [2.05, 4.69) is 0 Å². The van der Waals surface area contributed by atoms with Gasteiger partial charge in [-0.05, 0) is 36.2 Å². The summed E-state index contributed by atoms with van der Waals surface area (Å²) < 4.78 is 5.28. The number of aryl methyl sites for hydroxylation is 1. The van der Waals surface area contributed by atoms with Crippen LogP contribution in [0.25, 0.3) is 0 Å². The highest BCUT2D eigenvalue weighted by Crippen LogP contribution is 2.43. The molecule has 0 aliphatic carbocycles. The number of hydrogen-bond donors (Lipinski definition) is 1. The minimum Gasteiger partial charge on any atom is -0.507 e. The summed E-state index contributed by atoms with van der Waals surface area (Å²) >= 11 is 1.70. The minimum atomic E-state index is -0.722. The summed E-state index contributed by atoms with van der Waals surface area (Å²) in [5.41, 5.74) is 2.46. The molecule has 1 N–H and O–H groups in total. The van der Waals surface area contributed by atoms with Crippen molar-refractivity contribution in [2.45, 2.75) is 17.9 Å².